The molecule has 168 valence electrons. The number of thiazole rings is 1. The normalized spacial score (nSPS) is 15.0. The van der Waals surface area contributed by atoms with Crippen molar-refractivity contribution in [3.8, 4) is 22.1 Å². The van der Waals surface area contributed by atoms with Crippen LogP contribution in [0.4, 0.5) is 0 Å². The van der Waals surface area contributed by atoms with Crippen LogP contribution in [0, 0.1) is 5.92 Å². The summed E-state index contributed by atoms with van der Waals surface area (Å²) in [7, 11) is 1.65. The topological polar surface area (TPSA) is 51.7 Å². The molecule has 1 aliphatic heterocycles. The number of Topliss-reactive ketones (excluding diaryl/α,β-unsaturated/α-hetero) is 1. The van der Waals surface area contributed by atoms with Crippen LogP contribution in [0.25, 0.3) is 10.6 Å². The quantitative estimate of drug-likeness (QED) is 0.380. The Morgan fingerprint density at radius 1 is 1.16 bits per heavy atom. The predicted molar refractivity (Wildman–Crippen MR) is 129 cm³/mol. The lowest BCUT2D eigenvalue weighted by Gasteiger charge is -2.30. The highest BCUT2D eigenvalue weighted by molar-refractivity contribution is 7.13. The van der Waals surface area contributed by atoms with Crippen molar-refractivity contribution < 1.29 is 14.3 Å². The zero-order valence-corrected chi connectivity index (χ0v) is 19.9. The van der Waals surface area contributed by atoms with Crippen LogP contribution in [0.3, 0.4) is 0 Å². The molecule has 3 aromatic rings. The van der Waals surface area contributed by atoms with Gasteiger partial charge in [0, 0.05) is 34.0 Å². The number of ketones is 1. The van der Waals surface area contributed by atoms with E-state index in [1.165, 1.54) is 0 Å². The molecular weight excluding hydrogens is 444 g/mol. The van der Waals surface area contributed by atoms with Gasteiger partial charge in [0.2, 0.25) is 0 Å². The number of methoxy groups -OCH3 is 1. The molecule has 1 fully saturated rings. The van der Waals surface area contributed by atoms with Crippen LogP contribution in [0.2, 0.25) is 5.02 Å². The van der Waals surface area contributed by atoms with Crippen molar-refractivity contribution in [1.29, 1.82) is 0 Å². The number of likely N-dealkylation sites (tertiary alicyclic amines) is 1. The summed E-state index contributed by atoms with van der Waals surface area (Å²) in [6.45, 7) is 5.14. The minimum atomic E-state index is 0.0785. The average molecular weight is 471 g/mol. The monoisotopic (exact) mass is 470 g/mol. The second-order valence-electron chi connectivity index (χ2n) is 7.86. The Bertz CT molecular complexity index is 1060. The highest BCUT2D eigenvalue weighted by Gasteiger charge is 2.26. The lowest BCUT2D eigenvalue weighted by atomic mass is 9.89. The van der Waals surface area contributed by atoms with E-state index in [1.54, 1.807) is 30.6 Å². The van der Waals surface area contributed by atoms with Gasteiger partial charge in [0.05, 0.1) is 19.4 Å². The molecule has 0 saturated carbocycles. The summed E-state index contributed by atoms with van der Waals surface area (Å²) in [5.41, 5.74) is 2.83. The number of nitrogens with zero attached hydrogens (tertiary/aromatic N) is 2. The number of aromatic nitrogens is 1. The van der Waals surface area contributed by atoms with Gasteiger partial charge in [0.15, 0.2) is 17.3 Å². The Labute approximate surface area is 198 Å². The van der Waals surface area contributed by atoms with Gasteiger partial charge in [-0.1, -0.05) is 11.6 Å². The fourth-order valence-corrected chi connectivity index (χ4v) is 4.95. The summed E-state index contributed by atoms with van der Waals surface area (Å²) in [6.07, 6.45) is 1.74. The summed E-state index contributed by atoms with van der Waals surface area (Å²) in [5.74, 6) is 1.76. The SMILES string of the molecule is CCOc1ccc(-c2nc(CN3CCC(C(=O)c4ccc(Cl)cc4)CC3)cs2)cc1OC. The number of hydrogen-bond donors (Lipinski definition) is 0. The third-order valence-corrected chi connectivity index (χ3v) is 6.93. The minimum absolute atomic E-state index is 0.0785. The van der Waals surface area contributed by atoms with Gasteiger partial charge in [-0.05, 0) is 75.3 Å². The van der Waals surface area contributed by atoms with Gasteiger partial charge in [-0.15, -0.1) is 11.3 Å². The molecule has 0 unspecified atom stereocenters. The largest absolute Gasteiger partial charge is 0.493 e. The fraction of sp³-hybridized carbons (Fsp3) is 0.360. The molecule has 0 radical (unpaired) electrons. The molecule has 0 atom stereocenters. The van der Waals surface area contributed by atoms with Crippen LogP contribution in [0.15, 0.2) is 47.8 Å². The standard InChI is InChI=1S/C25H27ClN2O3S/c1-3-31-22-9-6-19(14-23(22)30-2)25-27-21(16-32-25)15-28-12-10-18(11-13-28)24(29)17-4-7-20(26)8-5-17/h4-9,14,16,18H,3,10-13,15H2,1-2H3. The molecule has 2 heterocycles. The summed E-state index contributed by atoms with van der Waals surface area (Å²) in [6, 6.07) is 13.1. The second-order valence-corrected chi connectivity index (χ2v) is 9.16. The Morgan fingerprint density at radius 3 is 2.59 bits per heavy atom. The van der Waals surface area contributed by atoms with E-state index in [9.17, 15) is 4.79 Å². The second kappa shape index (κ2) is 10.5. The molecule has 4 rings (SSSR count). The van der Waals surface area contributed by atoms with Crippen LogP contribution in [-0.2, 0) is 6.54 Å². The highest BCUT2D eigenvalue weighted by Crippen LogP contribution is 2.34. The van der Waals surface area contributed by atoms with E-state index in [0.29, 0.717) is 17.4 Å². The van der Waals surface area contributed by atoms with E-state index in [1.807, 2.05) is 37.3 Å². The minimum Gasteiger partial charge on any atom is -0.493 e. The molecule has 0 spiro atoms. The zero-order chi connectivity index (χ0) is 22.5. The number of carbonyl (C=O) groups is 1. The Morgan fingerprint density at radius 2 is 1.91 bits per heavy atom. The van der Waals surface area contributed by atoms with Gasteiger partial charge in [-0.2, -0.15) is 0 Å². The number of halogens is 1. The van der Waals surface area contributed by atoms with Gasteiger partial charge in [0.25, 0.3) is 0 Å². The molecule has 0 amide bonds. The van der Waals surface area contributed by atoms with Gasteiger partial charge in [-0.25, -0.2) is 4.98 Å². The molecule has 2 aromatic carbocycles. The van der Waals surface area contributed by atoms with Crippen molar-refractivity contribution in [3.05, 3.63) is 64.1 Å². The number of carbonyl (C=O) groups excluding carboxylic acids is 1. The first-order valence-corrected chi connectivity index (χ1v) is 12.1. The third-order valence-electron chi connectivity index (χ3n) is 5.73. The summed E-state index contributed by atoms with van der Waals surface area (Å²) < 4.78 is 11.1. The lowest BCUT2D eigenvalue weighted by Crippen LogP contribution is -2.36. The summed E-state index contributed by atoms with van der Waals surface area (Å²) >= 11 is 7.57. The predicted octanol–water partition coefficient (Wildman–Crippen LogP) is 5.97. The molecule has 0 bridgehead atoms. The number of ether oxygens (including phenoxy) is 2. The number of hydrogen-bond acceptors (Lipinski definition) is 6. The third kappa shape index (κ3) is 5.31. The fourth-order valence-electron chi connectivity index (χ4n) is 4.02. The molecule has 1 saturated heterocycles. The van der Waals surface area contributed by atoms with Crippen molar-refractivity contribution in [2.24, 2.45) is 5.92 Å². The smallest absolute Gasteiger partial charge is 0.166 e. The lowest BCUT2D eigenvalue weighted by molar-refractivity contribution is 0.0834. The maximum atomic E-state index is 12.8. The van der Waals surface area contributed by atoms with Gasteiger partial charge >= 0.3 is 0 Å². The van der Waals surface area contributed by atoms with E-state index in [0.717, 1.165) is 60.1 Å². The summed E-state index contributed by atoms with van der Waals surface area (Å²) in [5, 5.41) is 3.74. The van der Waals surface area contributed by atoms with E-state index in [2.05, 4.69) is 10.3 Å². The van der Waals surface area contributed by atoms with Crippen molar-refractivity contribution in [1.82, 2.24) is 9.88 Å². The highest BCUT2D eigenvalue weighted by atomic mass is 35.5. The molecule has 32 heavy (non-hydrogen) atoms. The molecule has 0 aliphatic carbocycles. The van der Waals surface area contributed by atoms with Gasteiger partial charge in [-0.3, -0.25) is 9.69 Å². The van der Waals surface area contributed by atoms with Crippen LogP contribution >= 0.6 is 22.9 Å². The average Bonchev–Trinajstić information content (AvgIpc) is 3.28. The van der Waals surface area contributed by atoms with Crippen LogP contribution in [0.5, 0.6) is 11.5 Å². The maximum absolute atomic E-state index is 12.8. The number of rotatable bonds is 8. The molecule has 7 heteroatoms. The number of benzene rings is 2. The van der Waals surface area contributed by atoms with Crippen molar-refractivity contribution in [2.75, 3.05) is 26.8 Å². The zero-order valence-electron chi connectivity index (χ0n) is 18.3. The van der Waals surface area contributed by atoms with Crippen molar-refractivity contribution >= 4 is 28.7 Å². The Kier molecular flexibility index (Phi) is 7.45. The Hall–Kier alpha value is -2.41. The number of piperidine rings is 1. The van der Waals surface area contributed by atoms with Crippen LogP contribution in [-0.4, -0.2) is 42.5 Å². The first-order valence-electron chi connectivity index (χ1n) is 10.8. The van der Waals surface area contributed by atoms with E-state index < -0.39 is 0 Å². The molecule has 1 aromatic heterocycles. The maximum Gasteiger partial charge on any atom is 0.166 e. The molecule has 0 N–H and O–H groups in total. The van der Waals surface area contributed by atoms with Gasteiger partial charge in [0.1, 0.15) is 5.01 Å². The first kappa shape index (κ1) is 22.8. The van der Waals surface area contributed by atoms with E-state index >= 15 is 0 Å². The van der Waals surface area contributed by atoms with E-state index in [-0.39, 0.29) is 11.7 Å². The van der Waals surface area contributed by atoms with E-state index in [4.69, 9.17) is 26.1 Å². The summed E-state index contributed by atoms with van der Waals surface area (Å²) in [4.78, 5) is 20.0. The van der Waals surface area contributed by atoms with Gasteiger partial charge < -0.3 is 9.47 Å². The van der Waals surface area contributed by atoms with Crippen LogP contribution < -0.4 is 9.47 Å². The van der Waals surface area contributed by atoms with Crippen molar-refractivity contribution in [2.45, 2.75) is 26.3 Å². The first-order chi connectivity index (χ1) is 15.6. The molecular formula is C25H27ClN2O3S. The Balaban J connectivity index is 1.35. The molecule has 1 aliphatic rings. The van der Waals surface area contributed by atoms with Crippen LogP contribution in [0.1, 0.15) is 35.8 Å². The molecule has 5 nitrogen and oxygen atoms in total. The van der Waals surface area contributed by atoms with Crippen molar-refractivity contribution in [3.63, 3.8) is 0 Å².